The van der Waals surface area contributed by atoms with E-state index in [9.17, 15) is 9.59 Å². The van der Waals surface area contributed by atoms with E-state index < -0.39 is 0 Å². The highest BCUT2D eigenvalue weighted by molar-refractivity contribution is 5.79. The van der Waals surface area contributed by atoms with Crippen LogP contribution < -0.4 is 5.32 Å². The molecule has 0 spiro atoms. The number of nitrogens with zero attached hydrogens (tertiary/aromatic N) is 1. The quantitative estimate of drug-likeness (QED) is 0.350. The highest BCUT2D eigenvalue weighted by Crippen LogP contribution is 2.25. The summed E-state index contributed by atoms with van der Waals surface area (Å²) in [5, 5.41) is 3.10. The molecule has 0 unspecified atom stereocenters. The summed E-state index contributed by atoms with van der Waals surface area (Å²) in [7, 11) is 0. The molecule has 0 radical (unpaired) electrons. The third kappa shape index (κ3) is 8.45. The third-order valence-electron chi connectivity index (χ3n) is 5.54. The van der Waals surface area contributed by atoms with Gasteiger partial charge in [-0.1, -0.05) is 64.5 Å². The molecule has 1 aliphatic rings. The number of nitrogens with one attached hydrogen (secondary N) is 1. The van der Waals surface area contributed by atoms with E-state index in [0.29, 0.717) is 6.42 Å². The Kier molecular flexibility index (Phi) is 11.5. The molecule has 0 aromatic heterocycles. The van der Waals surface area contributed by atoms with E-state index in [2.05, 4.69) is 25.4 Å². The van der Waals surface area contributed by atoms with Crippen molar-refractivity contribution in [2.45, 2.75) is 90.6 Å². The number of rotatable bonds is 13. The number of hydrogen-bond acceptors (Lipinski definition) is 2. The summed E-state index contributed by atoms with van der Waals surface area (Å²) in [6.45, 7) is 14.5. The highest BCUT2D eigenvalue weighted by Gasteiger charge is 2.31. The van der Waals surface area contributed by atoms with Gasteiger partial charge in [-0.3, -0.25) is 9.59 Å². The van der Waals surface area contributed by atoms with Crippen LogP contribution in [0.3, 0.4) is 0 Å². The minimum Gasteiger partial charge on any atom is -0.353 e. The zero-order valence-electron chi connectivity index (χ0n) is 18.2. The van der Waals surface area contributed by atoms with Crippen molar-refractivity contribution in [1.29, 1.82) is 0 Å². The fourth-order valence-corrected chi connectivity index (χ4v) is 3.93. The van der Waals surface area contributed by atoms with Crippen LogP contribution in [0.2, 0.25) is 0 Å². The maximum Gasteiger partial charge on any atom is 0.223 e. The van der Waals surface area contributed by atoms with Crippen LogP contribution in [-0.2, 0) is 9.59 Å². The van der Waals surface area contributed by atoms with Crippen LogP contribution >= 0.6 is 0 Å². The monoisotopic (exact) mass is 388 g/mol. The Bertz CT molecular complexity index is 553. The van der Waals surface area contributed by atoms with Crippen LogP contribution in [0.15, 0.2) is 37.0 Å². The van der Waals surface area contributed by atoms with Gasteiger partial charge >= 0.3 is 0 Å². The summed E-state index contributed by atoms with van der Waals surface area (Å²) >= 11 is 0. The standard InChI is InChI=1S/C24H40N2O2/c1-6-9-10-11-15-23(27)26-16-12-14-22(26)17-19(4)24(28)25-20(5)18-21(8-3)13-7-2/h7-8,13,19-20,22H,2-3,6,9-12,14-18H2,1,4-5H3,(H,25,28)/b21-13+/t19-,20-,22+/m1/s1. The summed E-state index contributed by atoms with van der Waals surface area (Å²) < 4.78 is 0. The van der Waals surface area contributed by atoms with Gasteiger partial charge in [-0.2, -0.15) is 0 Å². The van der Waals surface area contributed by atoms with Gasteiger partial charge < -0.3 is 10.2 Å². The first kappa shape index (κ1) is 24.2. The molecule has 0 saturated carbocycles. The Morgan fingerprint density at radius 1 is 1.21 bits per heavy atom. The molecule has 2 amide bonds. The molecule has 0 aliphatic carbocycles. The van der Waals surface area contributed by atoms with Crippen LogP contribution in [0.4, 0.5) is 0 Å². The molecular formula is C24H40N2O2. The second-order valence-electron chi connectivity index (χ2n) is 8.13. The normalized spacial score (nSPS) is 19.2. The van der Waals surface area contributed by atoms with Crippen molar-refractivity contribution in [3.63, 3.8) is 0 Å². The summed E-state index contributed by atoms with van der Waals surface area (Å²) in [6, 6.07) is 0.248. The second-order valence-corrected chi connectivity index (χ2v) is 8.13. The lowest BCUT2D eigenvalue weighted by Gasteiger charge is -2.27. The first-order chi connectivity index (χ1) is 13.4. The molecule has 1 aliphatic heterocycles. The third-order valence-corrected chi connectivity index (χ3v) is 5.54. The number of carbonyl (C=O) groups is 2. The molecule has 1 fully saturated rings. The Morgan fingerprint density at radius 2 is 1.96 bits per heavy atom. The maximum absolute atomic E-state index is 12.6. The molecule has 1 saturated heterocycles. The number of likely N-dealkylation sites (tertiary alicyclic amines) is 1. The molecule has 4 nitrogen and oxygen atoms in total. The van der Waals surface area contributed by atoms with Crippen LogP contribution in [0.25, 0.3) is 0 Å². The Hall–Kier alpha value is -1.84. The fourth-order valence-electron chi connectivity index (χ4n) is 3.93. The molecule has 3 atom stereocenters. The van der Waals surface area contributed by atoms with Gasteiger partial charge in [-0.15, -0.1) is 0 Å². The minimum absolute atomic E-state index is 0.0408. The van der Waals surface area contributed by atoms with E-state index in [0.717, 1.165) is 50.6 Å². The van der Waals surface area contributed by atoms with Crippen molar-refractivity contribution < 1.29 is 9.59 Å². The van der Waals surface area contributed by atoms with E-state index in [1.807, 2.05) is 24.8 Å². The molecular weight excluding hydrogens is 348 g/mol. The second kappa shape index (κ2) is 13.4. The number of amides is 2. The smallest absolute Gasteiger partial charge is 0.223 e. The molecule has 1 N–H and O–H groups in total. The van der Waals surface area contributed by atoms with E-state index in [-0.39, 0.29) is 29.8 Å². The summed E-state index contributed by atoms with van der Waals surface area (Å²) in [5.74, 6) is 0.234. The van der Waals surface area contributed by atoms with E-state index in [4.69, 9.17) is 0 Å². The van der Waals surface area contributed by atoms with Gasteiger partial charge in [-0.05, 0) is 44.6 Å². The number of carbonyl (C=O) groups excluding carboxylic acids is 2. The first-order valence-corrected chi connectivity index (χ1v) is 11.0. The predicted octanol–water partition coefficient (Wildman–Crippen LogP) is 5.17. The van der Waals surface area contributed by atoms with Crippen molar-refractivity contribution in [3.8, 4) is 0 Å². The Morgan fingerprint density at radius 3 is 2.61 bits per heavy atom. The van der Waals surface area contributed by atoms with Crippen molar-refractivity contribution in [2.24, 2.45) is 5.92 Å². The largest absolute Gasteiger partial charge is 0.353 e. The van der Waals surface area contributed by atoms with Gasteiger partial charge in [0.25, 0.3) is 0 Å². The van der Waals surface area contributed by atoms with Gasteiger partial charge in [0.2, 0.25) is 11.8 Å². The average Bonchev–Trinajstić information content (AvgIpc) is 3.12. The first-order valence-electron chi connectivity index (χ1n) is 11.0. The zero-order chi connectivity index (χ0) is 20.9. The highest BCUT2D eigenvalue weighted by atomic mass is 16.2. The maximum atomic E-state index is 12.6. The molecule has 158 valence electrons. The van der Waals surface area contributed by atoms with Gasteiger partial charge in [0, 0.05) is 31.0 Å². The molecule has 1 rings (SSSR count). The minimum atomic E-state index is -0.100. The SMILES string of the molecule is C=C/C=C(\C=C)C[C@@H](C)NC(=O)[C@H](C)C[C@@H]1CCCN1C(=O)CCCCCC. The lowest BCUT2D eigenvalue weighted by atomic mass is 9.98. The van der Waals surface area contributed by atoms with Gasteiger partial charge in [-0.25, -0.2) is 0 Å². The van der Waals surface area contributed by atoms with Crippen LogP contribution in [0.1, 0.15) is 78.6 Å². The summed E-state index contributed by atoms with van der Waals surface area (Å²) in [6.07, 6.45) is 14.1. The molecule has 1 heterocycles. The zero-order valence-corrected chi connectivity index (χ0v) is 18.2. The van der Waals surface area contributed by atoms with Gasteiger partial charge in [0.1, 0.15) is 0 Å². The van der Waals surface area contributed by atoms with Crippen molar-refractivity contribution in [3.05, 3.63) is 37.0 Å². The number of unbranched alkanes of at least 4 members (excludes halogenated alkanes) is 3. The molecule has 0 aromatic rings. The molecule has 28 heavy (non-hydrogen) atoms. The predicted molar refractivity (Wildman–Crippen MR) is 118 cm³/mol. The fraction of sp³-hybridized carbons (Fsp3) is 0.667. The lowest BCUT2D eigenvalue weighted by molar-refractivity contribution is -0.133. The Balaban J connectivity index is 2.48. The number of hydrogen-bond donors (Lipinski definition) is 1. The average molecular weight is 389 g/mol. The van der Waals surface area contributed by atoms with Crippen LogP contribution in [0.5, 0.6) is 0 Å². The van der Waals surface area contributed by atoms with Gasteiger partial charge in [0.15, 0.2) is 0 Å². The molecule has 0 aromatic carbocycles. The van der Waals surface area contributed by atoms with E-state index in [1.165, 1.54) is 12.8 Å². The Labute approximate surface area is 172 Å². The topological polar surface area (TPSA) is 49.4 Å². The van der Waals surface area contributed by atoms with Crippen molar-refractivity contribution in [2.75, 3.05) is 6.54 Å². The van der Waals surface area contributed by atoms with Crippen LogP contribution in [-0.4, -0.2) is 35.3 Å². The molecule has 0 bridgehead atoms. The molecule has 4 heteroatoms. The van der Waals surface area contributed by atoms with Crippen molar-refractivity contribution in [1.82, 2.24) is 10.2 Å². The summed E-state index contributed by atoms with van der Waals surface area (Å²) in [5.41, 5.74) is 1.06. The van der Waals surface area contributed by atoms with E-state index in [1.54, 1.807) is 12.2 Å². The summed E-state index contributed by atoms with van der Waals surface area (Å²) in [4.78, 5) is 27.2. The van der Waals surface area contributed by atoms with Gasteiger partial charge in [0.05, 0.1) is 0 Å². The van der Waals surface area contributed by atoms with E-state index >= 15 is 0 Å². The van der Waals surface area contributed by atoms with Crippen LogP contribution in [0, 0.1) is 5.92 Å². The van der Waals surface area contributed by atoms with Crippen molar-refractivity contribution >= 4 is 11.8 Å². The number of allylic oxidation sites excluding steroid dienone is 3. The lowest BCUT2D eigenvalue weighted by Crippen LogP contribution is -2.41.